The summed E-state index contributed by atoms with van der Waals surface area (Å²) in [4.78, 5) is 17.9. The van der Waals surface area contributed by atoms with Gasteiger partial charge in [-0.15, -0.1) is 0 Å². The smallest absolute Gasteiger partial charge is 0.339 e. The van der Waals surface area contributed by atoms with E-state index >= 15 is 0 Å². The van der Waals surface area contributed by atoms with E-state index in [9.17, 15) is 22.4 Å². The molecule has 3 aromatic rings. The fourth-order valence-corrected chi connectivity index (χ4v) is 2.96. The van der Waals surface area contributed by atoms with Gasteiger partial charge in [-0.05, 0) is 24.3 Å². The molecule has 2 heterocycles. The molecule has 0 aliphatic carbocycles. The number of hydrogen-bond donors (Lipinski definition) is 0. The van der Waals surface area contributed by atoms with E-state index in [1.807, 2.05) is 0 Å². The van der Waals surface area contributed by atoms with Gasteiger partial charge in [0.25, 0.3) is 5.91 Å². The highest BCUT2D eigenvalue weighted by molar-refractivity contribution is 5.95. The number of alkyl halides is 3. The summed E-state index contributed by atoms with van der Waals surface area (Å²) >= 11 is 0. The molecule has 1 amide bonds. The van der Waals surface area contributed by atoms with Crippen LogP contribution in [0.1, 0.15) is 27.7 Å². The van der Waals surface area contributed by atoms with Crippen molar-refractivity contribution in [1.82, 2.24) is 15.0 Å². The summed E-state index contributed by atoms with van der Waals surface area (Å²) in [7, 11) is 0. The number of aromatic nitrogens is 2. The van der Waals surface area contributed by atoms with Crippen LogP contribution in [0.3, 0.4) is 0 Å². The maximum atomic E-state index is 13.7. The average Bonchev–Trinajstić information content (AvgIpc) is 3.10. The van der Waals surface area contributed by atoms with E-state index in [2.05, 4.69) is 10.1 Å². The Hall–Kier alpha value is -3.23. The topological polar surface area (TPSA) is 59.2 Å². The van der Waals surface area contributed by atoms with Crippen molar-refractivity contribution in [3.63, 3.8) is 0 Å². The van der Waals surface area contributed by atoms with E-state index in [1.165, 1.54) is 35.2 Å². The average molecular weight is 391 g/mol. The molecule has 0 atom stereocenters. The first-order valence-electron chi connectivity index (χ1n) is 8.38. The summed E-state index contributed by atoms with van der Waals surface area (Å²) in [5.41, 5.74) is -0.638. The Kier molecular flexibility index (Phi) is 4.37. The molecule has 144 valence electrons. The SMILES string of the molecule is O=C(c1ccccc1F)N1CC(c2nc(-c3cccc(C(F)(F)F)c3)no2)C1. The molecular weight excluding hydrogens is 378 g/mol. The number of rotatable bonds is 3. The quantitative estimate of drug-likeness (QED) is 0.630. The molecule has 9 heteroatoms. The van der Waals surface area contributed by atoms with Crippen molar-refractivity contribution in [3.8, 4) is 11.4 Å². The Morgan fingerprint density at radius 1 is 1.11 bits per heavy atom. The number of carbonyl (C=O) groups is 1. The first kappa shape index (κ1) is 18.1. The van der Waals surface area contributed by atoms with Crippen LogP contribution in [0.4, 0.5) is 17.6 Å². The van der Waals surface area contributed by atoms with E-state index in [4.69, 9.17) is 4.52 Å². The minimum Gasteiger partial charge on any atom is -0.339 e. The Morgan fingerprint density at radius 2 is 1.86 bits per heavy atom. The normalized spacial score (nSPS) is 14.8. The second-order valence-corrected chi connectivity index (χ2v) is 6.42. The summed E-state index contributed by atoms with van der Waals surface area (Å²) in [6, 6.07) is 10.3. The molecule has 0 bridgehead atoms. The number of halogens is 4. The number of nitrogens with zero attached hydrogens (tertiary/aromatic N) is 3. The van der Waals surface area contributed by atoms with Crippen molar-refractivity contribution < 1.29 is 26.9 Å². The van der Waals surface area contributed by atoms with Gasteiger partial charge >= 0.3 is 6.18 Å². The van der Waals surface area contributed by atoms with Crippen LogP contribution in [-0.2, 0) is 6.18 Å². The second-order valence-electron chi connectivity index (χ2n) is 6.42. The number of benzene rings is 2. The van der Waals surface area contributed by atoms with Gasteiger partial charge in [-0.2, -0.15) is 18.2 Å². The zero-order valence-electron chi connectivity index (χ0n) is 14.3. The lowest BCUT2D eigenvalue weighted by Gasteiger charge is -2.37. The van der Waals surface area contributed by atoms with Crippen LogP contribution in [0.25, 0.3) is 11.4 Å². The maximum Gasteiger partial charge on any atom is 0.416 e. The maximum absolute atomic E-state index is 13.7. The third-order valence-electron chi connectivity index (χ3n) is 4.51. The van der Waals surface area contributed by atoms with Crippen LogP contribution in [0.15, 0.2) is 53.1 Å². The fourth-order valence-electron chi connectivity index (χ4n) is 2.96. The molecule has 0 radical (unpaired) electrons. The van der Waals surface area contributed by atoms with Crippen molar-refractivity contribution in [2.45, 2.75) is 12.1 Å². The summed E-state index contributed by atoms with van der Waals surface area (Å²) in [5, 5.41) is 3.74. The highest BCUT2D eigenvalue weighted by atomic mass is 19.4. The molecule has 0 unspecified atom stereocenters. The van der Waals surface area contributed by atoms with Crippen LogP contribution in [0.2, 0.25) is 0 Å². The fraction of sp³-hybridized carbons (Fsp3) is 0.211. The molecular formula is C19H13F4N3O2. The van der Waals surface area contributed by atoms with Crippen molar-refractivity contribution in [2.24, 2.45) is 0 Å². The zero-order valence-corrected chi connectivity index (χ0v) is 14.3. The summed E-state index contributed by atoms with van der Waals surface area (Å²) in [6.07, 6.45) is -4.47. The van der Waals surface area contributed by atoms with E-state index in [-0.39, 0.29) is 41.8 Å². The van der Waals surface area contributed by atoms with Crippen LogP contribution in [0.5, 0.6) is 0 Å². The summed E-state index contributed by atoms with van der Waals surface area (Å²) < 4.78 is 57.4. The van der Waals surface area contributed by atoms with Gasteiger partial charge in [0.05, 0.1) is 17.0 Å². The predicted molar refractivity (Wildman–Crippen MR) is 89.8 cm³/mol. The largest absolute Gasteiger partial charge is 0.416 e. The highest BCUT2D eigenvalue weighted by Gasteiger charge is 2.37. The van der Waals surface area contributed by atoms with Gasteiger partial charge in [0.15, 0.2) is 0 Å². The van der Waals surface area contributed by atoms with Gasteiger partial charge in [0.1, 0.15) is 5.82 Å². The van der Waals surface area contributed by atoms with E-state index in [1.54, 1.807) is 6.07 Å². The minimum absolute atomic E-state index is 0.0175. The lowest BCUT2D eigenvalue weighted by molar-refractivity contribution is -0.137. The molecule has 1 fully saturated rings. The Bertz CT molecular complexity index is 1030. The second kappa shape index (κ2) is 6.74. The van der Waals surface area contributed by atoms with E-state index < -0.39 is 23.5 Å². The highest BCUT2D eigenvalue weighted by Crippen LogP contribution is 2.33. The van der Waals surface area contributed by atoms with Crippen LogP contribution < -0.4 is 0 Å². The van der Waals surface area contributed by atoms with E-state index in [0.29, 0.717) is 0 Å². The molecule has 2 aromatic carbocycles. The van der Waals surface area contributed by atoms with Crippen molar-refractivity contribution in [3.05, 3.63) is 71.4 Å². The van der Waals surface area contributed by atoms with Gasteiger partial charge in [-0.3, -0.25) is 4.79 Å². The molecule has 1 saturated heterocycles. The molecule has 28 heavy (non-hydrogen) atoms. The number of hydrogen-bond acceptors (Lipinski definition) is 4. The molecule has 0 spiro atoms. The van der Waals surface area contributed by atoms with Crippen molar-refractivity contribution in [2.75, 3.05) is 13.1 Å². The monoisotopic (exact) mass is 391 g/mol. The lowest BCUT2D eigenvalue weighted by Crippen LogP contribution is -2.48. The van der Waals surface area contributed by atoms with Crippen molar-refractivity contribution in [1.29, 1.82) is 0 Å². The minimum atomic E-state index is -4.47. The first-order chi connectivity index (χ1) is 13.3. The Labute approximate surface area is 156 Å². The molecule has 0 N–H and O–H groups in total. The van der Waals surface area contributed by atoms with Crippen LogP contribution >= 0.6 is 0 Å². The number of likely N-dealkylation sites (tertiary alicyclic amines) is 1. The standard InChI is InChI=1S/C19H13F4N3O2/c20-15-7-2-1-6-14(15)18(27)26-9-12(10-26)17-24-16(25-28-17)11-4-3-5-13(8-11)19(21,22)23/h1-8,12H,9-10H2. The molecule has 1 aromatic heterocycles. The van der Waals surface area contributed by atoms with Crippen LogP contribution in [-0.4, -0.2) is 34.0 Å². The Morgan fingerprint density at radius 3 is 2.57 bits per heavy atom. The van der Waals surface area contributed by atoms with Gasteiger partial charge in [-0.25, -0.2) is 4.39 Å². The number of carbonyl (C=O) groups excluding carboxylic acids is 1. The molecule has 1 aliphatic heterocycles. The van der Waals surface area contributed by atoms with Crippen molar-refractivity contribution >= 4 is 5.91 Å². The van der Waals surface area contributed by atoms with Gasteiger partial charge in [0.2, 0.25) is 11.7 Å². The Balaban J connectivity index is 1.46. The molecule has 5 nitrogen and oxygen atoms in total. The van der Waals surface area contributed by atoms with Gasteiger partial charge in [0, 0.05) is 18.7 Å². The third kappa shape index (κ3) is 3.35. The zero-order chi connectivity index (χ0) is 19.9. The molecule has 0 saturated carbocycles. The summed E-state index contributed by atoms with van der Waals surface area (Å²) in [6.45, 7) is 0.523. The molecule has 1 aliphatic rings. The third-order valence-corrected chi connectivity index (χ3v) is 4.51. The first-order valence-corrected chi connectivity index (χ1v) is 8.38. The lowest BCUT2D eigenvalue weighted by atomic mass is 9.98. The number of amides is 1. The molecule has 4 rings (SSSR count). The van der Waals surface area contributed by atoms with Gasteiger partial charge < -0.3 is 9.42 Å². The van der Waals surface area contributed by atoms with E-state index in [0.717, 1.165) is 12.1 Å². The van der Waals surface area contributed by atoms with Gasteiger partial charge in [-0.1, -0.05) is 29.4 Å². The summed E-state index contributed by atoms with van der Waals surface area (Å²) in [5.74, 6) is -1.01. The van der Waals surface area contributed by atoms with Crippen LogP contribution in [0, 0.1) is 5.82 Å². The predicted octanol–water partition coefficient (Wildman–Crippen LogP) is 4.13.